The molecule has 0 N–H and O–H groups in total. The minimum Gasteiger partial charge on any atom is -0.477 e. The molecule has 2 aromatic rings. The maximum absolute atomic E-state index is 11.9. The van der Waals surface area contributed by atoms with Gasteiger partial charge in [-0.1, -0.05) is 30.3 Å². The number of nitrogens with zero attached hydrogens (tertiary/aromatic N) is 1. The van der Waals surface area contributed by atoms with Crippen LogP contribution < -0.4 is 4.74 Å². The topological polar surface area (TPSA) is 48.4 Å². The van der Waals surface area contributed by atoms with E-state index in [0.29, 0.717) is 24.0 Å². The number of esters is 1. The van der Waals surface area contributed by atoms with Crippen molar-refractivity contribution >= 4 is 5.97 Å². The molecule has 0 amide bonds. The minimum atomic E-state index is -0.375. The van der Waals surface area contributed by atoms with Gasteiger partial charge in [-0.15, -0.1) is 0 Å². The van der Waals surface area contributed by atoms with Crippen LogP contribution in [0.3, 0.4) is 0 Å². The van der Waals surface area contributed by atoms with Gasteiger partial charge in [-0.3, -0.25) is 0 Å². The largest absolute Gasteiger partial charge is 0.477 e. The number of pyridine rings is 1. The van der Waals surface area contributed by atoms with Crippen molar-refractivity contribution in [3.63, 3.8) is 0 Å². The summed E-state index contributed by atoms with van der Waals surface area (Å²) >= 11 is 0. The van der Waals surface area contributed by atoms with Crippen molar-refractivity contribution in [3.8, 4) is 5.88 Å². The molecule has 1 aliphatic carbocycles. The Bertz CT molecular complexity index is 591. The Morgan fingerprint density at radius 3 is 2.62 bits per heavy atom. The summed E-state index contributed by atoms with van der Waals surface area (Å²) in [6, 6.07) is 13.0. The first-order valence-electron chi connectivity index (χ1n) is 7.11. The van der Waals surface area contributed by atoms with E-state index >= 15 is 0 Å². The van der Waals surface area contributed by atoms with Gasteiger partial charge >= 0.3 is 5.97 Å². The highest BCUT2D eigenvalue weighted by molar-refractivity contribution is 5.89. The zero-order valence-corrected chi connectivity index (χ0v) is 11.7. The Kier molecular flexibility index (Phi) is 4.15. The molecule has 0 aliphatic heterocycles. The summed E-state index contributed by atoms with van der Waals surface area (Å²) < 4.78 is 10.8. The summed E-state index contributed by atoms with van der Waals surface area (Å²) in [5, 5.41) is 0. The van der Waals surface area contributed by atoms with Gasteiger partial charge in [0.25, 0.3) is 0 Å². The van der Waals surface area contributed by atoms with Gasteiger partial charge in [-0.2, -0.15) is 0 Å². The van der Waals surface area contributed by atoms with Crippen LogP contribution in [0, 0.1) is 5.92 Å². The van der Waals surface area contributed by atoms with Gasteiger partial charge in [0.15, 0.2) is 0 Å². The molecule has 0 saturated heterocycles. The third-order valence-corrected chi connectivity index (χ3v) is 3.35. The van der Waals surface area contributed by atoms with Crippen molar-refractivity contribution in [1.29, 1.82) is 0 Å². The highest BCUT2D eigenvalue weighted by Gasteiger charge is 2.22. The summed E-state index contributed by atoms with van der Waals surface area (Å²) in [7, 11) is 0. The van der Waals surface area contributed by atoms with E-state index in [0.717, 1.165) is 5.56 Å². The first-order valence-corrected chi connectivity index (χ1v) is 7.11. The zero-order chi connectivity index (χ0) is 14.5. The number of carbonyl (C=O) groups excluding carboxylic acids is 1. The van der Waals surface area contributed by atoms with Crippen molar-refractivity contribution in [1.82, 2.24) is 4.98 Å². The van der Waals surface area contributed by atoms with E-state index in [1.165, 1.54) is 19.0 Å². The Labute approximate surface area is 123 Å². The molecule has 0 unspecified atom stereocenters. The van der Waals surface area contributed by atoms with E-state index < -0.39 is 0 Å². The van der Waals surface area contributed by atoms with Crippen LogP contribution in [0.2, 0.25) is 0 Å². The molecule has 4 nitrogen and oxygen atoms in total. The fourth-order valence-electron chi connectivity index (χ4n) is 1.88. The summed E-state index contributed by atoms with van der Waals surface area (Å²) in [5.41, 5.74) is 1.40. The van der Waals surface area contributed by atoms with Crippen molar-refractivity contribution < 1.29 is 14.3 Å². The number of aromatic nitrogens is 1. The van der Waals surface area contributed by atoms with Crippen molar-refractivity contribution in [2.24, 2.45) is 5.92 Å². The predicted octanol–water partition coefficient (Wildman–Crippen LogP) is 3.23. The lowest BCUT2D eigenvalue weighted by Gasteiger charge is -2.06. The second-order valence-corrected chi connectivity index (χ2v) is 5.20. The van der Waals surface area contributed by atoms with Gasteiger partial charge in [0.1, 0.15) is 6.61 Å². The van der Waals surface area contributed by atoms with Crippen molar-refractivity contribution in [2.45, 2.75) is 19.4 Å². The van der Waals surface area contributed by atoms with Gasteiger partial charge < -0.3 is 9.47 Å². The van der Waals surface area contributed by atoms with Crippen LogP contribution in [-0.2, 0) is 11.3 Å². The number of ether oxygens (including phenoxy) is 2. The van der Waals surface area contributed by atoms with Gasteiger partial charge in [-0.25, -0.2) is 9.78 Å². The lowest BCUT2D eigenvalue weighted by molar-refractivity contribution is 0.0472. The number of hydrogen-bond donors (Lipinski definition) is 0. The lowest BCUT2D eigenvalue weighted by atomic mass is 10.2. The highest BCUT2D eigenvalue weighted by atomic mass is 16.5. The minimum absolute atomic E-state index is 0.263. The van der Waals surface area contributed by atoms with E-state index in [2.05, 4.69) is 4.98 Å². The molecule has 0 bridgehead atoms. The molecule has 3 rings (SSSR count). The number of carbonyl (C=O) groups is 1. The van der Waals surface area contributed by atoms with E-state index in [1.54, 1.807) is 12.1 Å². The summed E-state index contributed by atoms with van der Waals surface area (Å²) in [5.74, 6) is 0.865. The molecule has 1 heterocycles. The van der Waals surface area contributed by atoms with Crippen LogP contribution in [0.25, 0.3) is 0 Å². The van der Waals surface area contributed by atoms with E-state index in [9.17, 15) is 4.79 Å². The monoisotopic (exact) mass is 283 g/mol. The van der Waals surface area contributed by atoms with Crippen molar-refractivity contribution in [3.05, 3.63) is 59.8 Å². The quantitative estimate of drug-likeness (QED) is 0.764. The number of rotatable bonds is 6. The molecule has 1 aromatic carbocycles. The Hall–Kier alpha value is -2.36. The van der Waals surface area contributed by atoms with Crippen LogP contribution in [0.4, 0.5) is 0 Å². The van der Waals surface area contributed by atoms with Crippen molar-refractivity contribution in [2.75, 3.05) is 6.61 Å². The van der Waals surface area contributed by atoms with Crippen LogP contribution in [0.5, 0.6) is 5.88 Å². The molecule has 1 aliphatic rings. The van der Waals surface area contributed by atoms with Gasteiger partial charge in [0.05, 0.1) is 12.2 Å². The Morgan fingerprint density at radius 2 is 1.95 bits per heavy atom. The maximum Gasteiger partial charge on any atom is 0.340 e. The standard InChI is InChI=1S/C17H17NO3/c19-17(21-12-13-4-2-1-3-5-13)15-8-9-16(18-10-15)20-11-14-6-7-14/h1-5,8-10,14H,6-7,11-12H2. The smallest absolute Gasteiger partial charge is 0.340 e. The average Bonchev–Trinajstić information content (AvgIpc) is 3.36. The van der Waals surface area contributed by atoms with E-state index in [1.807, 2.05) is 30.3 Å². The SMILES string of the molecule is O=C(OCc1ccccc1)c1ccc(OCC2CC2)nc1. The predicted molar refractivity (Wildman–Crippen MR) is 78.0 cm³/mol. The lowest BCUT2D eigenvalue weighted by Crippen LogP contribution is -2.06. The van der Waals surface area contributed by atoms with Crippen LogP contribution >= 0.6 is 0 Å². The second-order valence-electron chi connectivity index (χ2n) is 5.20. The Balaban J connectivity index is 1.51. The molecule has 0 spiro atoms. The second kappa shape index (κ2) is 6.39. The third kappa shape index (κ3) is 4.05. The zero-order valence-electron chi connectivity index (χ0n) is 11.7. The fourth-order valence-corrected chi connectivity index (χ4v) is 1.88. The third-order valence-electron chi connectivity index (χ3n) is 3.35. The van der Waals surface area contributed by atoms with Crippen LogP contribution in [0.1, 0.15) is 28.8 Å². The molecule has 1 fully saturated rings. The molecule has 21 heavy (non-hydrogen) atoms. The fraction of sp³-hybridized carbons (Fsp3) is 0.294. The first-order chi connectivity index (χ1) is 10.3. The van der Waals surface area contributed by atoms with E-state index in [-0.39, 0.29) is 12.6 Å². The molecule has 108 valence electrons. The van der Waals surface area contributed by atoms with E-state index in [4.69, 9.17) is 9.47 Å². The summed E-state index contributed by atoms with van der Waals surface area (Å²) in [6.45, 7) is 0.977. The van der Waals surface area contributed by atoms with Crippen LogP contribution in [0.15, 0.2) is 48.7 Å². The summed E-state index contributed by atoms with van der Waals surface area (Å²) in [4.78, 5) is 16.0. The Morgan fingerprint density at radius 1 is 1.14 bits per heavy atom. The van der Waals surface area contributed by atoms with Crippen LogP contribution in [-0.4, -0.2) is 17.6 Å². The van der Waals surface area contributed by atoms with Gasteiger partial charge in [0, 0.05) is 12.3 Å². The molecule has 0 radical (unpaired) electrons. The maximum atomic E-state index is 11.9. The molecule has 4 heteroatoms. The molecule has 1 aromatic heterocycles. The number of benzene rings is 1. The summed E-state index contributed by atoms with van der Waals surface area (Å²) in [6.07, 6.45) is 3.98. The first kappa shape index (κ1) is 13.6. The highest BCUT2D eigenvalue weighted by Crippen LogP contribution is 2.29. The average molecular weight is 283 g/mol. The molecular weight excluding hydrogens is 266 g/mol. The normalized spacial score (nSPS) is 13.7. The molecular formula is C17H17NO3. The van der Waals surface area contributed by atoms with Gasteiger partial charge in [0.2, 0.25) is 5.88 Å². The number of hydrogen-bond acceptors (Lipinski definition) is 4. The molecule has 1 saturated carbocycles. The molecule has 0 atom stereocenters. The van der Waals surface area contributed by atoms with Gasteiger partial charge in [-0.05, 0) is 30.4 Å².